The Bertz CT molecular complexity index is 993. The van der Waals surface area contributed by atoms with Gasteiger partial charge in [0, 0.05) is 32.6 Å². The fraction of sp³-hybridized carbons (Fsp3) is 0.409. The second kappa shape index (κ2) is 8.21. The van der Waals surface area contributed by atoms with Crippen LogP contribution in [0.5, 0.6) is 0 Å². The molecule has 0 spiro atoms. The van der Waals surface area contributed by atoms with Gasteiger partial charge in [-0.1, -0.05) is 18.2 Å². The summed E-state index contributed by atoms with van der Waals surface area (Å²) in [6.07, 6.45) is 2.34. The Labute approximate surface area is 170 Å². The van der Waals surface area contributed by atoms with E-state index < -0.39 is 0 Å². The van der Waals surface area contributed by atoms with E-state index in [4.69, 9.17) is 4.42 Å². The summed E-state index contributed by atoms with van der Waals surface area (Å²) in [7, 11) is 0. The topological polar surface area (TPSA) is 76.2 Å². The molecule has 0 aliphatic carbocycles. The molecule has 0 saturated carbocycles. The van der Waals surface area contributed by atoms with Gasteiger partial charge in [-0.05, 0) is 49.6 Å². The first kappa shape index (κ1) is 19.4. The maximum absolute atomic E-state index is 12.3. The monoisotopic (exact) mass is 393 g/mol. The highest BCUT2D eigenvalue weighted by atomic mass is 16.3. The third-order valence-corrected chi connectivity index (χ3v) is 5.60. The molecule has 0 bridgehead atoms. The van der Waals surface area contributed by atoms with Crippen LogP contribution in [0.15, 0.2) is 41.0 Å². The number of carbonyl (C=O) groups is 1. The number of aromatic nitrogens is 3. The van der Waals surface area contributed by atoms with Crippen molar-refractivity contribution < 1.29 is 9.21 Å². The zero-order valence-corrected chi connectivity index (χ0v) is 17.2. The number of rotatable bonds is 5. The van der Waals surface area contributed by atoms with E-state index in [0.717, 1.165) is 44.2 Å². The van der Waals surface area contributed by atoms with Crippen molar-refractivity contribution in [2.45, 2.75) is 46.3 Å². The van der Waals surface area contributed by atoms with Crippen molar-refractivity contribution >= 4 is 5.91 Å². The van der Waals surface area contributed by atoms with E-state index in [-0.39, 0.29) is 11.9 Å². The van der Waals surface area contributed by atoms with Gasteiger partial charge in [-0.25, -0.2) is 0 Å². The smallest absolute Gasteiger partial charge is 0.287 e. The Morgan fingerprint density at radius 1 is 1.17 bits per heavy atom. The lowest BCUT2D eigenvalue weighted by molar-refractivity contribution is 0.0909. The van der Waals surface area contributed by atoms with E-state index in [9.17, 15) is 4.79 Å². The molecule has 2 aromatic heterocycles. The number of furan rings is 1. The second-order valence-electron chi connectivity index (χ2n) is 7.74. The van der Waals surface area contributed by atoms with E-state index in [1.54, 1.807) is 12.1 Å². The number of benzene rings is 1. The number of aryl methyl sites for hydroxylation is 2. The molecule has 1 aliphatic heterocycles. The average molecular weight is 393 g/mol. The lowest BCUT2D eigenvalue weighted by atomic mass is 10.1. The highest BCUT2D eigenvalue weighted by Crippen LogP contribution is 2.18. The maximum Gasteiger partial charge on any atom is 0.287 e. The Morgan fingerprint density at radius 3 is 2.79 bits per heavy atom. The predicted octanol–water partition coefficient (Wildman–Crippen LogP) is 3.04. The minimum atomic E-state index is -0.250. The number of fused-ring (bicyclic) bond motifs is 1. The first-order valence-corrected chi connectivity index (χ1v) is 10.1. The summed E-state index contributed by atoms with van der Waals surface area (Å²) >= 11 is 0. The van der Waals surface area contributed by atoms with Gasteiger partial charge >= 0.3 is 0 Å². The second-order valence-corrected chi connectivity index (χ2v) is 7.74. The minimum absolute atomic E-state index is 0.246. The molecule has 0 unspecified atom stereocenters. The van der Waals surface area contributed by atoms with Gasteiger partial charge in [-0.2, -0.15) is 0 Å². The van der Waals surface area contributed by atoms with Crippen LogP contribution in [0.3, 0.4) is 0 Å². The minimum Gasteiger partial charge on any atom is -0.459 e. The molecule has 3 aromatic rings. The van der Waals surface area contributed by atoms with Crippen LogP contribution in [0.1, 0.15) is 51.9 Å². The SMILES string of the molecule is Cc1ccc(CN2CCc3nnc([C@H](C)NC(=O)c4ccco4)n3CC2)cc1C. The van der Waals surface area contributed by atoms with E-state index in [1.165, 1.54) is 23.0 Å². The molecule has 0 saturated heterocycles. The molecule has 7 nitrogen and oxygen atoms in total. The van der Waals surface area contributed by atoms with E-state index in [0.29, 0.717) is 5.76 Å². The molecular formula is C22H27N5O2. The molecule has 1 amide bonds. The summed E-state index contributed by atoms with van der Waals surface area (Å²) in [5.74, 6) is 1.81. The summed E-state index contributed by atoms with van der Waals surface area (Å²) < 4.78 is 7.32. The van der Waals surface area contributed by atoms with Crippen molar-refractivity contribution in [3.05, 3.63) is 70.7 Å². The number of hydrogen-bond acceptors (Lipinski definition) is 5. The molecule has 7 heteroatoms. The van der Waals surface area contributed by atoms with Crippen molar-refractivity contribution in [2.75, 3.05) is 13.1 Å². The maximum atomic E-state index is 12.3. The largest absolute Gasteiger partial charge is 0.459 e. The van der Waals surface area contributed by atoms with Gasteiger partial charge in [0.05, 0.1) is 12.3 Å². The van der Waals surface area contributed by atoms with E-state index >= 15 is 0 Å². The lowest BCUT2D eigenvalue weighted by Crippen LogP contribution is -2.30. The van der Waals surface area contributed by atoms with Crippen LogP contribution in [-0.2, 0) is 19.5 Å². The fourth-order valence-corrected chi connectivity index (χ4v) is 3.77. The summed E-state index contributed by atoms with van der Waals surface area (Å²) in [5.41, 5.74) is 3.99. The van der Waals surface area contributed by atoms with Gasteiger partial charge in [-0.3, -0.25) is 9.69 Å². The third kappa shape index (κ3) is 4.24. The highest BCUT2D eigenvalue weighted by Gasteiger charge is 2.23. The Balaban J connectivity index is 1.42. The van der Waals surface area contributed by atoms with Crippen molar-refractivity contribution in [1.29, 1.82) is 0 Å². The summed E-state index contributed by atoms with van der Waals surface area (Å²) in [6, 6.07) is 9.78. The molecule has 1 atom stereocenters. The number of nitrogens with one attached hydrogen (secondary N) is 1. The lowest BCUT2D eigenvalue weighted by Gasteiger charge is -2.20. The molecule has 1 aliphatic rings. The van der Waals surface area contributed by atoms with E-state index in [1.807, 2.05) is 6.92 Å². The first-order chi connectivity index (χ1) is 14.0. The van der Waals surface area contributed by atoms with Crippen LogP contribution in [0.2, 0.25) is 0 Å². The molecule has 29 heavy (non-hydrogen) atoms. The van der Waals surface area contributed by atoms with Gasteiger partial charge in [-0.15, -0.1) is 10.2 Å². The number of nitrogens with zero attached hydrogens (tertiary/aromatic N) is 4. The quantitative estimate of drug-likeness (QED) is 0.721. The standard InChI is InChI=1S/C22H27N5O2/c1-15-6-7-18(13-16(15)2)14-26-9-8-20-24-25-21(27(20)11-10-26)17(3)23-22(28)19-5-4-12-29-19/h4-7,12-13,17H,8-11,14H2,1-3H3,(H,23,28)/t17-/m0/s1. The van der Waals surface area contributed by atoms with Gasteiger partial charge in [0.1, 0.15) is 5.82 Å². The summed E-state index contributed by atoms with van der Waals surface area (Å²) in [6.45, 7) is 9.83. The Kier molecular flexibility index (Phi) is 5.49. The van der Waals surface area contributed by atoms with E-state index in [2.05, 4.69) is 57.0 Å². The predicted molar refractivity (Wildman–Crippen MR) is 110 cm³/mol. The zero-order chi connectivity index (χ0) is 20.4. The highest BCUT2D eigenvalue weighted by molar-refractivity contribution is 5.91. The van der Waals surface area contributed by atoms with Crippen LogP contribution in [0.25, 0.3) is 0 Å². The molecule has 0 fully saturated rings. The fourth-order valence-electron chi connectivity index (χ4n) is 3.77. The van der Waals surface area contributed by atoms with Crippen molar-refractivity contribution in [1.82, 2.24) is 25.0 Å². The molecule has 0 radical (unpaired) electrons. The van der Waals surface area contributed by atoms with Crippen LogP contribution in [0, 0.1) is 13.8 Å². The molecule has 3 heterocycles. The molecule has 1 N–H and O–H groups in total. The Morgan fingerprint density at radius 2 is 2.03 bits per heavy atom. The molecule has 1 aromatic carbocycles. The van der Waals surface area contributed by atoms with Gasteiger partial charge in [0.15, 0.2) is 11.6 Å². The summed E-state index contributed by atoms with van der Waals surface area (Å²) in [5, 5.41) is 11.7. The molecule has 152 valence electrons. The molecular weight excluding hydrogens is 366 g/mol. The molecule has 4 rings (SSSR count). The van der Waals surface area contributed by atoms with Gasteiger partial charge in [0.25, 0.3) is 5.91 Å². The van der Waals surface area contributed by atoms with Crippen molar-refractivity contribution in [3.8, 4) is 0 Å². The first-order valence-electron chi connectivity index (χ1n) is 10.1. The third-order valence-electron chi connectivity index (χ3n) is 5.60. The van der Waals surface area contributed by atoms with Crippen LogP contribution < -0.4 is 5.32 Å². The van der Waals surface area contributed by atoms with Crippen molar-refractivity contribution in [3.63, 3.8) is 0 Å². The zero-order valence-electron chi connectivity index (χ0n) is 17.2. The van der Waals surface area contributed by atoms with Crippen LogP contribution in [0.4, 0.5) is 0 Å². The summed E-state index contributed by atoms with van der Waals surface area (Å²) in [4.78, 5) is 14.7. The van der Waals surface area contributed by atoms with Gasteiger partial charge < -0.3 is 14.3 Å². The number of carbonyl (C=O) groups excluding carboxylic acids is 1. The Hall–Kier alpha value is -2.93. The number of amides is 1. The average Bonchev–Trinajstić information content (AvgIpc) is 3.33. The number of hydrogen-bond donors (Lipinski definition) is 1. The van der Waals surface area contributed by atoms with Gasteiger partial charge in [0.2, 0.25) is 0 Å². The van der Waals surface area contributed by atoms with Crippen LogP contribution >= 0.6 is 0 Å². The van der Waals surface area contributed by atoms with Crippen molar-refractivity contribution in [2.24, 2.45) is 0 Å². The van der Waals surface area contributed by atoms with Crippen LogP contribution in [-0.4, -0.2) is 38.7 Å². The normalized spacial score (nSPS) is 15.6.